The Morgan fingerprint density at radius 2 is 2.19 bits per heavy atom. The van der Waals surface area contributed by atoms with Crippen molar-refractivity contribution in [2.75, 3.05) is 11.1 Å². The number of carbonyl (C=O) groups is 1. The summed E-state index contributed by atoms with van der Waals surface area (Å²) >= 11 is 5.90. The second-order valence-electron chi connectivity index (χ2n) is 3.12. The van der Waals surface area contributed by atoms with Gasteiger partial charge in [0, 0.05) is 0 Å². The summed E-state index contributed by atoms with van der Waals surface area (Å²) in [6, 6.07) is 6.97. The minimum absolute atomic E-state index is 0.198. The first-order chi connectivity index (χ1) is 7.66. The van der Waals surface area contributed by atoms with Gasteiger partial charge in [-0.3, -0.25) is 4.79 Å². The van der Waals surface area contributed by atoms with Crippen LogP contribution in [0.2, 0.25) is 5.02 Å². The molecule has 0 fully saturated rings. The number of benzene rings is 1. The van der Waals surface area contributed by atoms with Gasteiger partial charge in [0.2, 0.25) is 0 Å². The molecule has 82 valence electrons. The van der Waals surface area contributed by atoms with Crippen LogP contribution in [0.25, 0.3) is 0 Å². The zero-order chi connectivity index (χ0) is 11.5. The maximum Gasteiger partial charge on any atom is 0.273 e. The number of hydrogen-bond acceptors (Lipinski definition) is 3. The second kappa shape index (κ2) is 4.24. The number of imidazole rings is 1. The Kier molecular flexibility index (Phi) is 2.78. The molecule has 16 heavy (non-hydrogen) atoms. The molecule has 0 saturated heterocycles. The van der Waals surface area contributed by atoms with E-state index in [2.05, 4.69) is 15.3 Å². The van der Waals surface area contributed by atoms with Crippen LogP contribution in [0.15, 0.2) is 30.5 Å². The summed E-state index contributed by atoms with van der Waals surface area (Å²) in [5.41, 5.74) is 6.20. The molecule has 1 amide bonds. The van der Waals surface area contributed by atoms with Crippen molar-refractivity contribution in [3.8, 4) is 0 Å². The lowest BCUT2D eigenvalue weighted by Gasteiger charge is -2.04. The van der Waals surface area contributed by atoms with Crippen molar-refractivity contribution >= 4 is 29.1 Å². The number of anilines is 2. The quantitative estimate of drug-likeness (QED) is 0.745. The fourth-order valence-corrected chi connectivity index (χ4v) is 1.39. The van der Waals surface area contributed by atoms with Crippen LogP contribution in [0.1, 0.15) is 10.5 Å². The number of rotatable bonds is 2. The van der Waals surface area contributed by atoms with Gasteiger partial charge in [0.05, 0.1) is 16.9 Å². The van der Waals surface area contributed by atoms with Crippen LogP contribution >= 0.6 is 11.6 Å². The Balaban J connectivity index is 2.17. The second-order valence-corrected chi connectivity index (χ2v) is 3.52. The monoisotopic (exact) mass is 236 g/mol. The normalized spacial score (nSPS) is 10.1. The first-order valence-electron chi connectivity index (χ1n) is 4.53. The number of aromatic nitrogens is 2. The lowest BCUT2D eigenvalue weighted by Crippen LogP contribution is -2.12. The molecular formula is C10H9ClN4O. The summed E-state index contributed by atoms with van der Waals surface area (Å²) in [6.07, 6.45) is 1.36. The summed E-state index contributed by atoms with van der Waals surface area (Å²) in [4.78, 5) is 18.0. The molecule has 4 N–H and O–H groups in total. The molecule has 0 unspecified atom stereocenters. The lowest BCUT2D eigenvalue weighted by molar-refractivity contribution is 0.102. The minimum Gasteiger partial charge on any atom is -0.369 e. The van der Waals surface area contributed by atoms with E-state index in [-0.39, 0.29) is 17.5 Å². The van der Waals surface area contributed by atoms with Gasteiger partial charge >= 0.3 is 0 Å². The average molecular weight is 237 g/mol. The average Bonchev–Trinajstić information content (AvgIpc) is 2.68. The number of carbonyl (C=O) groups excluding carboxylic acids is 1. The Morgan fingerprint density at radius 1 is 1.44 bits per heavy atom. The van der Waals surface area contributed by atoms with Crippen LogP contribution in [0.5, 0.6) is 0 Å². The molecule has 1 heterocycles. The van der Waals surface area contributed by atoms with Gasteiger partial charge in [0.25, 0.3) is 5.91 Å². The molecule has 1 aromatic heterocycles. The van der Waals surface area contributed by atoms with Crippen molar-refractivity contribution < 1.29 is 4.79 Å². The number of nitrogens with zero attached hydrogens (tertiary/aromatic N) is 1. The van der Waals surface area contributed by atoms with Crippen LogP contribution in [-0.2, 0) is 0 Å². The van der Waals surface area contributed by atoms with Gasteiger partial charge < -0.3 is 16.0 Å². The molecule has 0 spiro atoms. The van der Waals surface area contributed by atoms with E-state index in [0.29, 0.717) is 10.7 Å². The maximum absolute atomic E-state index is 11.7. The van der Waals surface area contributed by atoms with E-state index in [1.54, 1.807) is 24.3 Å². The number of nitrogens with two attached hydrogens (primary N) is 1. The van der Waals surface area contributed by atoms with E-state index in [4.69, 9.17) is 17.3 Å². The summed E-state index contributed by atoms with van der Waals surface area (Å²) in [7, 11) is 0. The molecule has 0 aliphatic carbocycles. The smallest absolute Gasteiger partial charge is 0.273 e. The first-order valence-corrected chi connectivity index (χ1v) is 4.91. The molecule has 0 aliphatic rings. The van der Waals surface area contributed by atoms with Crippen LogP contribution in [0, 0.1) is 0 Å². The summed E-state index contributed by atoms with van der Waals surface area (Å²) in [5, 5.41) is 3.12. The van der Waals surface area contributed by atoms with Gasteiger partial charge in [-0.25, -0.2) is 4.98 Å². The maximum atomic E-state index is 11.7. The lowest BCUT2D eigenvalue weighted by atomic mass is 10.3. The summed E-state index contributed by atoms with van der Waals surface area (Å²) in [5.74, 6) is -0.137. The zero-order valence-electron chi connectivity index (χ0n) is 8.20. The predicted molar refractivity (Wildman–Crippen MR) is 62.4 cm³/mol. The fraction of sp³-hybridized carbons (Fsp3) is 0. The van der Waals surface area contributed by atoms with Crippen LogP contribution in [0.4, 0.5) is 11.6 Å². The highest BCUT2D eigenvalue weighted by Gasteiger charge is 2.09. The van der Waals surface area contributed by atoms with Crippen molar-refractivity contribution in [1.82, 2.24) is 9.97 Å². The van der Waals surface area contributed by atoms with Crippen molar-refractivity contribution in [3.05, 3.63) is 41.2 Å². The number of aromatic amines is 1. The topological polar surface area (TPSA) is 83.8 Å². The van der Waals surface area contributed by atoms with Gasteiger partial charge in [-0.05, 0) is 12.1 Å². The van der Waals surface area contributed by atoms with Gasteiger partial charge in [-0.1, -0.05) is 23.7 Å². The number of H-pyrrole nitrogens is 1. The molecule has 2 rings (SSSR count). The molecule has 0 bridgehead atoms. The molecule has 0 saturated carbocycles. The summed E-state index contributed by atoms with van der Waals surface area (Å²) in [6.45, 7) is 0. The minimum atomic E-state index is -0.336. The number of para-hydroxylation sites is 1. The highest BCUT2D eigenvalue weighted by molar-refractivity contribution is 6.33. The largest absolute Gasteiger partial charge is 0.369 e. The molecule has 0 atom stereocenters. The molecule has 6 heteroatoms. The molecule has 1 aromatic carbocycles. The van der Waals surface area contributed by atoms with Crippen molar-refractivity contribution in [1.29, 1.82) is 0 Å². The number of halogens is 1. The van der Waals surface area contributed by atoms with E-state index in [1.165, 1.54) is 6.20 Å². The van der Waals surface area contributed by atoms with Crippen LogP contribution in [0.3, 0.4) is 0 Å². The van der Waals surface area contributed by atoms with Crippen molar-refractivity contribution in [3.63, 3.8) is 0 Å². The third-order valence-electron chi connectivity index (χ3n) is 1.96. The zero-order valence-corrected chi connectivity index (χ0v) is 8.95. The highest BCUT2D eigenvalue weighted by atomic mass is 35.5. The SMILES string of the molecule is Nc1ncc(C(=O)Nc2ccccc2Cl)[nH]1. The van der Waals surface area contributed by atoms with E-state index in [0.717, 1.165) is 0 Å². The van der Waals surface area contributed by atoms with Gasteiger partial charge in [-0.15, -0.1) is 0 Å². The molecule has 2 aromatic rings. The van der Waals surface area contributed by atoms with Crippen molar-refractivity contribution in [2.45, 2.75) is 0 Å². The van der Waals surface area contributed by atoms with E-state index >= 15 is 0 Å². The van der Waals surface area contributed by atoms with E-state index in [1.807, 2.05) is 0 Å². The third-order valence-corrected chi connectivity index (χ3v) is 2.29. The number of nitrogen functional groups attached to an aromatic ring is 1. The Bertz CT molecular complexity index is 523. The number of amides is 1. The Morgan fingerprint density at radius 3 is 2.81 bits per heavy atom. The first kappa shape index (κ1) is 10.5. The van der Waals surface area contributed by atoms with Crippen LogP contribution < -0.4 is 11.1 Å². The van der Waals surface area contributed by atoms with Crippen molar-refractivity contribution in [2.24, 2.45) is 0 Å². The third kappa shape index (κ3) is 2.14. The van der Waals surface area contributed by atoms with Crippen LogP contribution in [-0.4, -0.2) is 15.9 Å². The Hall–Kier alpha value is -2.01. The predicted octanol–water partition coefficient (Wildman–Crippen LogP) is 1.90. The number of hydrogen-bond donors (Lipinski definition) is 3. The molecule has 5 nitrogen and oxygen atoms in total. The fourth-order valence-electron chi connectivity index (χ4n) is 1.20. The summed E-state index contributed by atoms with van der Waals surface area (Å²) < 4.78 is 0. The number of nitrogens with one attached hydrogen (secondary N) is 2. The molecule has 0 radical (unpaired) electrons. The highest BCUT2D eigenvalue weighted by Crippen LogP contribution is 2.20. The molecule has 0 aliphatic heterocycles. The Labute approximate surface area is 96.6 Å². The van der Waals surface area contributed by atoms with Gasteiger partial charge in [0.15, 0.2) is 5.95 Å². The van der Waals surface area contributed by atoms with Gasteiger partial charge in [-0.2, -0.15) is 0 Å². The standard InChI is InChI=1S/C10H9ClN4O/c11-6-3-1-2-4-7(6)14-9(16)8-5-13-10(12)15-8/h1-5H,(H,14,16)(H3,12,13,15). The van der Waals surface area contributed by atoms with E-state index < -0.39 is 0 Å². The van der Waals surface area contributed by atoms with E-state index in [9.17, 15) is 4.79 Å². The van der Waals surface area contributed by atoms with Gasteiger partial charge in [0.1, 0.15) is 5.69 Å². The molecular weight excluding hydrogens is 228 g/mol.